The first-order valence-electron chi connectivity index (χ1n) is 11.4. The van der Waals surface area contributed by atoms with Gasteiger partial charge in [0, 0.05) is 30.8 Å². The van der Waals surface area contributed by atoms with Crippen LogP contribution in [0.1, 0.15) is 16.7 Å². The molecule has 2 amide bonds. The van der Waals surface area contributed by atoms with E-state index in [1.807, 2.05) is 60.7 Å². The number of thiazole rings is 1. The Morgan fingerprint density at radius 3 is 2.14 bits per heavy atom. The maximum atomic E-state index is 14.4. The van der Waals surface area contributed by atoms with Crippen LogP contribution in [0.15, 0.2) is 94.7 Å². The first kappa shape index (κ1) is 22.2. The quantitative estimate of drug-likeness (QED) is 0.471. The van der Waals surface area contributed by atoms with E-state index in [2.05, 4.69) is 5.43 Å². The Morgan fingerprint density at radius 2 is 1.47 bits per heavy atom. The molecule has 3 aromatic carbocycles. The predicted octanol–water partition coefficient (Wildman–Crippen LogP) is 2.76. The minimum atomic E-state index is -1.24. The molecule has 1 aromatic heterocycles. The van der Waals surface area contributed by atoms with E-state index in [0.29, 0.717) is 14.9 Å². The Kier molecular flexibility index (Phi) is 4.87. The number of aromatic nitrogens is 1. The van der Waals surface area contributed by atoms with Crippen LogP contribution in [-0.2, 0) is 11.3 Å². The minimum absolute atomic E-state index is 0.250. The maximum Gasteiger partial charge on any atom is 0.324 e. The van der Waals surface area contributed by atoms with Crippen molar-refractivity contribution in [2.45, 2.75) is 11.3 Å². The van der Waals surface area contributed by atoms with Crippen LogP contribution in [-0.4, -0.2) is 34.6 Å². The molecule has 3 heterocycles. The van der Waals surface area contributed by atoms with Crippen LogP contribution in [0.4, 0.5) is 9.18 Å². The number of carbonyl (C=O) groups excluding carboxylic acids is 1. The second kappa shape index (κ2) is 7.89. The summed E-state index contributed by atoms with van der Waals surface area (Å²) in [4.78, 5) is 35.9. The number of hydrogen-bond donors (Lipinski definition) is 1. The summed E-state index contributed by atoms with van der Waals surface area (Å²) >= 11 is 1.15. The average Bonchev–Trinajstić information content (AvgIpc) is 3.30. The van der Waals surface area contributed by atoms with Gasteiger partial charge in [-0.3, -0.25) is 20.0 Å². The van der Waals surface area contributed by atoms with Crippen LogP contribution in [0.3, 0.4) is 0 Å². The Balaban J connectivity index is 1.72. The van der Waals surface area contributed by atoms with E-state index in [-0.39, 0.29) is 11.6 Å². The van der Waals surface area contributed by atoms with E-state index in [4.69, 9.17) is 4.99 Å². The highest BCUT2D eigenvalue weighted by molar-refractivity contribution is 7.07. The molecule has 1 saturated heterocycles. The molecule has 0 aliphatic carbocycles. The molecule has 1 fully saturated rings. The third kappa shape index (κ3) is 2.80. The molecule has 180 valence electrons. The Labute approximate surface area is 210 Å². The average molecular weight is 500 g/mol. The molecular weight excluding hydrogens is 477 g/mol. The molecule has 2 atom stereocenters. The van der Waals surface area contributed by atoms with Gasteiger partial charge in [-0.25, -0.2) is 14.2 Å². The molecule has 7 nitrogen and oxygen atoms in total. The van der Waals surface area contributed by atoms with E-state index >= 15 is 0 Å². The number of benzene rings is 3. The molecule has 1 N–H and O–H groups in total. The van der Waals surface area contributed by atoms with Crippen LogP contribution in [0.25, 0.3) is 6.08 Å². The number of hydrogen-bond acceptors (Lipinski definition) is 5. The van der Waals surface area contributed by atoms with Crippen molar-refractivity contribution in [3.8, 4) is 0 Å². The number of fused-ring (bicyclic) bond motifs is 2. The van der Waals surface area contributed by atoms with Gasteiger partial charge in [-0.2, -0.15) is 4.68 Å². The van der Waals surface area contributed by atoms with Crippen molar-refractivity contribution in [2.24, 2.45) is 4.99 Å². The first-order valence-corrected chi connectivity index (χ1v) is 12.2. The molecule has 0 saturated carbocycles. The topological polar surface area (TPSA) is 69.9 Å². The lowest BCUT2D eigenvalue weighted by Gasteiger charge is -2.49. The van der Waals surface area contributed by atoms with Crippen molar-refractivity contribution < 1.29 is 9.18 Å². The summed E-state index contributed by atoms with van der Waals surface area (Å²) in [5.41, 5.74) is 2.43. The van der Waals surface area contributed by atoms with Crippen LogP contribution in [0.2, 0.25) is 0 Å². The van der Waals surface area contributed by atoms with Gasteiger partial charge in [-0.15, -0.1) is 0 Å². The molecule has 2 aliphatic heterocycles. The lowest BCUT2D eigenvalue weighted by molar-refractivity contribution is 0.0648. The van der Waals surface area contributed by atoms with Crippen molar-refractivity contribution in [1.82, 2.24) is 14.5 Å². The zero-order valence-electron chi connectivity index (χ0n) is 19.6. The standard InChI is InChI=1S/C27H22FN5O2S/c1-31-25(35)32(2)27(20-14-7-4-8-15-20)26(31,19-12-5-3-6-13-19)29-24-33(30-27)23(34)22(36-24)17-18-11-9-10-16-21(18)28/h3-17,30H,1-2H3/b22-17+/t26-,27-/m0/s1. The lowest BCUT2D eigenvalue weighted by atomic mass is 9.80. The molecule has 0 spiro atoms. The minimum Gasteiger partial charge on any atom is -0.295 e. The highest BCUT2D eigenvalue weighted by atomic mass is 32.1. The number of likely N-dealkylation sites (N-methyl/N-ethyl adjacent to an activating group) is 2. The van der Waals surface area contributed by atoms with Crippen LogP contribution >= 0.6 is 11.3 Å². The Hall–Kier alpha value is -4.24. The molecule has 36 heavy (non-hydrogen) atoms. The molecule has 4 aromatic rings. The first-order chi connectivity index (χ1) is 17.4. The Bertz CT molecular complexity index is 1670. The zero-order chi connectivity index (χ0) is 25.1. The number of halogens is 1. The fourth-order valence-electron chi connectivity index (χ4n) is 5.25. The fraction of sp³-hybridized carbons (Fsp3) is 0.148. The summed E-state index contributed by atoms with van der Waals surface area (Å²) in [5, 5.41) is 0. The smallest absolute Gasteiger partial charge is 0.295 e. The van der Waals surface area contributed by atoms with Gasteiger partial charge in [-0.1, -0.05) is 90.2 Å². The number of rotatable bonds is 3. The molecule has 0 bridgehead atoms. The van der Waals surface area contributed by atoms with Gasteiger partial charge >= 0.3 is 6.03 Å². The van der Waals surface area contributed by atoms with Gasteiger partial charge in [-0.05, 0) is 12.1 Å². The van der Waals surface area contributed by atoms with E-state index in [1.165, 1.54) is 16.8 Å². The number of urea groups is 1. The van der Waals surface area contributed by atoms with E-state index < -0.39 is 17.1 Å². The van der Waals surface area contributed by atoms with Gasteiger partial charge in [0.1, 0.15) is 5.82 Å². The normalized spacial score (nSPS) is 23.2. The summed E-state index contributed by atoms with van der Waals surface area (Å²) in [7, 11) is 3.42. The molecule has 6 rings (SSSR count). The predicted molar refractivity (Wildman–Crippen MR) is 136 cm³/mol. The number of carbonyl (C=O) groups is 1. The summed E-state index contributed by atoms with van der Waals surface area (Å²) < 4.78 is 16.1. The summed E-state index contributed by atoms with van der Waals surface area (Å²) in [6.45, 7) is 0. The number of nitrogens with one attached hydrogen (secondary N) is 1. The second-order valence-corrected chi connectivity index (χ2v) is 9.80. The van der Waals surface area contributed by atoms with E-state index in [0.717, 1.165) is 22.5 Å². The number of nitrogens with zero attached hydrogens (tertiary/aromatic N) is 4. The molecular formula is C27H22FN5O2S. The maximum absolute atomic E-state index is 14.4. The fourth-order valence-corrected chi connectivity index (χ4v) is 6.21. The number of amides is 2. The van der Waals surface area contributed by atoms with Crippen molar-refractivity contribution in [1.29, 1.82) is 0 Å². The second-order valence-electron chi connectivity index (χ2n) is 8.79. The third-order valence-corrected chi connectivity index (χ3v) is 7.93. The third-order valence-electron chi connectivity index (χ3n) is 6.96. The molecule has 0 radical (unpaired) electrons. The molecule has 2 aliphatic rings. The Morgan fingerprint density at radius 1 is 0.861 bits per heavy atom. The monoisotopic (exact) mass is 499 g/mol. The van der Waals surface area contributed by atoms with Crippen molar-refractivity contribution in [3.63, 3.8) is 0 Å². The van der Waals surface area contributed by atoms with Gasteiger partial charge in [0.2, 0.25) is 16.1 Å². The summed E-state index contributed by atoms with van der Waals surface area (Å²) in [6, 6.07) is 25.1. The lowest BCUT2D eigenvalue weighted by Crippen LogP contribution is -2.67. The van der Waals surface area contributed by atoms with Gasteiger partial charge in [0.05, 0.1) is 4.53 Å². The zero-order valence-corrected chi connectivity index (χ0v) is 20.4. The van der Waals surface area contributed by atoms with Crippen LogP contribution in [0.5, 0.6) is 0 Å². The van der Waals surface area contributed by atoms with Gasteiger partial charge < -0.3 is 0 Å². The van der Waals surface area contributed by atoms with Crippen molar-refractivity contribution >= 4 is 23.4 Å². The largest absolute Gasteiger partial charge is 0.324 e. The summed E-state index contributed by atoms with van der Waals surface area (Å²) in [5.74, 6) is -0.415. The van der Waals surface area contributed by atoms with E-state index in [9.17, 15) is 14.0 Å². The SMILES string of the molecule is CN1C(=O)N(C)[C@]2(c3ccccc3)Nn3c(s/c(=C/c4ccccc4F)c3=O)=N[C@@]12c1ccccc1. The summed E-state index contributed by atoms with van der Waals surface area (Å²) in [6.07, 6.45) is 1.53. The van der Waals surface area contributed by atoms with Crippen molar-refractivity contribution in [3.05, 3.63) is 127 Å². The van der Waals surface area contributed by atoms with Crippen molar-refractivity contribution in [2.75, 3.05) is 19.5 Å². The van der Waals surface area contributed by atoms with E-state index in [1.54, 1.807) is 42.1 Å². The molecule has 9 heteroatoms. The highest BCUT2D eigenvalue weighted by Gasteiger charge is 2.69. The van der Waals surface area contributed by atoms with Gasteiger partial charge in [0.15, 0.2) is 0 Å². The van der Waals surface area contributed by atoms with Crippen LogP contribution in [0, 0.1) is 5.82 Å². The molecule has 0 unspecified atom stereocenters. The highest BCUT2D eigenvalue weighted by Crippen LogP contribution is 2.53. The van der Waals surface area contributed by atoms with Gasteiger partial charge in [0.25, 0.3) is 5.56 Å². The van der Waals surface area contributed by atoms with Crippen LogP contribution < -0.4 is 20.3 Å².